The predicted octanol–water partition coefficient (Wildman–Crippen LogP) is 2.01. The van der Waals surface area contributed by atoms with Gasteiger partial charge >= 0.3 is 6.09 Å². The number of ether oxygens (including phenoxy) is 2. The van der Waals surface area contributed by atoms with Crippen LogP contribution in [0.3, 0.4) is 0 Å². The second kappa shape index (κ2) is 8.64. The minimum atomic E-state index is -0.222. The largest absolute Gasteiger partial charge is 0.445 e. The van der Waals surface area contributed by atoms with Crippen molar-refractivity contribution in [2.75, 3.05) is 32.8 Å². The molecule has 1 saturated heterocycles. The van der Waals surface area contributed by atoms with Gasteiger partial charge in [-0.3, -0.25) is 0 Å². The summed E-state index contributed by atoms with van der Waals surface area (Å²) in [6.45, 7) is 3.72. The van der Waals surface area contributed by atoms with Crippen molar-refractivity contribution in [1.82, 2.24) is 4.90 Å². The standard InChI is InChI=1S/C16H24N2O3/c17-8-11-20-12-15-6-9-18(10-7-15)16(19)21-13-14-4-2-1-3-5-14/h1-5,15H,6-13,17H2. The Morgan fingerprint density at radius 3 is 2.62 bits per heavy atom. The van der Waals surface area contributed by atoms with Gasteiger partial charge in [0.15, 0.2) is 0 Å². The number of hydrogen-bond acceptors (Lipinski definition) is 4. The van der Waals surface area contributed by atoms with Gasteiger partial charge in [-0.1, -0.05) is 30.3 Å². The SMILES string of the molecule is NCCOCC1CCN(C(=O)OCc2ccccc2)CC1. The fraction of sp³-hybridized carbons (Fsp3) is 0.562. The lowest BCUT2D eigenvalue weighted by atomic mass is 9.98. The summed E-state index contributed by atoms with van der Waals surface area (Å²) < 4.78 is 10.8. The quantitative estimate of drug-likeness (QED) is 0.815. The fourth-order valence-electron chi connectivity index (χ4n) is 2.43. The van der Waals surface area contributed by atoms with Crippen LogP contribution in [0.2, 0.25) is 0 Å². The van der Waals surface area contributed by atoms with Crippen molar-refractivity contribution in [3.63, 3.8) is 0 Å². The van der Waals surface area contributed by atoms with Gasteiger partial charge < -0.3 is 20.1 Å². The first-order chi connectivity index (χ1) is 10.3. The zero-order chi connectivity index (χ0) is 14.9. The molecular formula is C16H24N2O3. The van der Waals surface area contributed by atoms with Crippen LogP contribution in [0.25, 0.3) is 0 Å². The van der Waals surface area contributed by atoms with E-state index in [1.807, 2.05) is 30.3 Å². The predicted molar refractivity (Wildman–Crippen MR) is 80.8 cm³/mol. The molecule has 116 valence electrons. The average Bonchev–Trinajstić information content (AvgIpc) is 2.54. The van der Waals surface area contributed by atoms with Crippen LogP contribution in [0.5, 0.6) is 0 Å². The van der Waals surface area contributed by atoms with Gasteiger partial charge in [-0.15, -0.1) is 0 Å². The van der Waals surface area contributed by atoms with E-state index in [1.165, 1.54) is 0 Å². The van der Waals surface area contributed by atoms with Gasteiger partial charge in [-0.05, 0) is 24.3 Å². The molecule has 1 amide bonds. The Balaban J connectivity index is 1.66. The van der Waals surface area contributed by atoms with E-state index < -0.39 is 0 Å². The van der Waals surface area contributed by atoms with Gasteiger partial charge in [0.25, 0.3) is 0 Å². The number of carbonyl (C=O) groups is 1. The molecule has 5 nitrogen and oxygen atoms in total. The molecule has 1 aliphatic heterocycles. The molecule has 5 heteroatoms. The summed E-state index contributed by atoms with van der Waals surface area (Å²) >= 11 is 0. The van der Waals surface area contributed by atoms with Crippen LogP contribution in [-0.4, -0.2) is 43.8 Å². The summed E-state index contributed by atoms with van der Waals surface area (Å²) in [5.74, 6) is 0.523. The Labute approximate surface area is 126 Å². The van der Waals surface area contributed by atoms with E-state index in [9.17, 15) is 4.79 Å². The van der Waals surface area contributed by atoms with Crippen molar-refractivity contribution in [3.05, 3.63) is 35.9 Å². The van der Waals surface area contributed by atoms with Gasteiger partial charge in [0.2, 0.25) is 0 Å². The summed E-state index contributed by atoms with van der Waals surface area (Å²) in [5.41, 5.74) is 6.40. The monoisotopic (exact) mass is 292 g/mol. The molecule has 21 heavy (non-hydrogen) atoms. The normalized spacial score (nSPS) is 16.0. The van der Waals surface area contributed by atoms with Crippen LogP contribution in [0, 0.1) is 5.92 Å². The first kappa shape index (κ1) is 15.8. The molecule has 0 aliphatic carbocycles. The number of benzene rings is 1. The van der Waals surface area contributed by atoms with Gasteiger partial charge in [-0.25, -0.2) is 4.79 Å². The van der Waals surface area contributed by atoms with E-state index in [0.717, 1.165) is 38.1 Å². The number of carbonyl (C=O) groups excluding carboxylic acids is 1. The third-order valence-corrected chi connectivity index (χ3v) is 3.69. The summed E-state index contributed by atoms with van der Waals surface area (Å²) in [7, 11) is 0. The molecule has 0 radical (unpaired) electrons. The maximum absolute atomic E-state index is 12.0. The van der Waals surface area contributed by atoms with Crippen molar-refractivity contribution >= 4 is 6.09 Å². The molecule has 1 fully saturated rings. The second-order valence-corrected chi connectivity index (χ2v) is 5.33. The van der Waals surface area contributed by atoms with Crippen LogP contribution >= 0.6 is 0 Å². The summed E-state index contributed by atoms with van der Waals surface area (Å²) in [6.07, 6.45) is 1.70. The molecule has 2 N–H and O–H groups in total. The zero-order valence-electron chi connectivity index (χ0n) is 12.4. The van der Waals surface area contributed by atoms with Gasteiger partial charge in [0.1, 0.15) is 6.61 Å². The lowest BCUT2D eigenvalue weighted by Gasteiger charge is -2.31. The minimum absolute atomic E-state index is 0.222. The molecule has 0 spiro atoms. The highest BCUT2D eigenvalue weighted by Crippen LogP contribution is 2.18. The van der Waals surface area contributed by atoms with Crippen molar-refractivity contribution in [2.45, 2.75) is 19.4 Å². The topological polar surface area (TPSA) is 64.8 Å². The van der Waals surface area contributed by atoms with Crippen molar-refractivity contribution < 1.29 is 14.3 Å². The lowest BCUT2D eigenvalue weighted by Crippen LogP contribution is -2.39. The first-order valence-electron chi connectivity index (χ1n) is 7.53. The van der Waals surface area contributed by atoms with Crippen LogP contribution in [-0.2, 0) is 16.1 Å². The van der Waals surface area contributed by atoms with Crippen molar-refractivity contribution in [2.24, 2.45) is 11.7 Å². The number of nitrogens with two attached hydrogens (primary N) is 1. The number of hydrogen-bond donors (Lipinski definition) is 1. The summed E-state index contributed by atoms with van der Waals surface area (Å²) in [6, 6.07) is 9.73. The Bertz CT molecular complexity index is 417. The molecule has 0 aromatic heterocycles. The average molecular weight is 292 g/mol. The lowest BCUT2D eigenvalue weighted by molar-refractivity contribution is 0.0551. The molecule has 1 heterocycles. The number of piperidine rings is 1. The first-order valence-corrected chi connectivity index (χ1v) is 7.53. The van der Waals surface area contributed by atoms with Crippen molar-refractivity contribution in [3.8, 4) is 0 Å². The molecule has 0 bridgehead atoms. The van der Waals surface area contributed by atoms with Crippen molar-refractivity contribution in [1.29, 1.82) is 0 Å². The van der Waals surface area contributed by atoms with Gasteiger partial charge in [0.05, 0.1) is 6.61 Å². The Hall–Kier alpha value is -1.59. The molecular weight excluding hydrogens is 268 g/mol. The number of amides is 1. The minimum Gasteiger partial charge on any atom is -0.445 e. The van der Waals surface area contributed by atoms with E-state index in [2.05, 4.69) is 0 Å². The highest BCUT2D eigenvalue weighted by molar-refractivity contribution is 5.67. The van der Waals surface area contributed by atoms with Gasteiger partial charge in [0, 0.05) is 26.2 Å². The Morgan fingerprint density at radius 2 is 1.95 bits per heavy atom. The van der Waals surface area contributed by atoms with E-state index in [4.69, 9.17) is 15.2 Å². The van der Waals surface area contributed by atoms with Crippen LogP contribution < -0.4 is 5.73 Å². The fourth-order valence-corrected chi connectivity index (χ4v) is 2.43. The number of likely N-dealkylation sites (tertiary alicyclic amines) is 1. The Kier molecular flexibility index (Phi) is 6.50. The Morgan fingerprint density at radius 1 is 1.24 bits per heavy atom. The highest BCUT2D eigenvalue weighted by atomic mass is 16.6. The summed E-state index contributed by atoms with van der Waals surface area (Å²) in [5, 5.41) is 0. The third kappa shape index (κ3) is 5.36. The maximum Gasteiger partial charge on any atom is 0.410 e. The molecule has 0 unspecified atom stereocenters. The zero-order valence-corrected chi connectivity index (χ0v) is 12.4. The molecule has 1 aromatic rings. The van der Waals surface area contributed by atoms with Crippen LogP contribution in [0.4, 0.5) is 4.79 Å². The smallest absolute Gasteiger partial charge is 0.410 e. The van der Waals surface area contributed by atoms with E-state index in [0.29, 0.717) is 25.7 Å². The van der Waals surface area contributed by atoms with Crippen LogP contribution in [0.1, 0.15) is 18.4 Å². The van der Waals surface area contributed by atoms with E-state index in [1.54, 1.807) is 4.90 Å². The van der Waals surface area contributed by atoms with Crippen LogP contribution in [0.15, 0.2) is 30.3 Å². The molecule has 0 atom stereocenters. The maximum atomic E-state index is 12.0. The molecule has 1 aliphatic rings. The number of rotatable bonds is 6. The van der Waals surface area contributed by atoms with Gasteiger partial charge in [-0.2, -0.15) is 0 Å². The number of nitrogens with zero attached hydrogens (tertiary/aromatic N) is 1. The highest BCUT2D eigenvalue weighted by Gasteiger charge is 2.23. The summed E-state index contributed by atoms with van der Waals surface area (Å²) in [4.78, 5) is 13.8. The van der Waals surface area contributed by atoms with E-state index >= 15 is 0 Å². The molecule has 2 rings (SSSR count). The third-order valence-electron chi connectivity index (χ3n) is 3.69. The molecule has 1 aromatic carbocycles. The second-order valence-electron chi connectivity index (χ2n) is 5.33. The molecule has 0 saturated carbocycles. The van der Waals surface area contributed by atoms with E-state index in [-0.39, 0.29) is 6.09 Å².